The van der Waals surface area contributed by atoms with Gasteiger partial charge in [0, 0.05) is 12.6 Å². The maximum absolute atomic E-state index is 12.5. The van der Waals surface area contributed by atoms with Crippen LogP contribution in [0.25, 0.3) is 0 Å². The molecule has 27 heavy (non-hydrogen) atoms. The highest BCUT2D eigenvalue weighted by Crippen LogP contribution is 2.29. The molecule has 0 spiro atoms. The topological polar surface area (TPSA) is 76.2 Å². The Kier molecular flexibility index (Phi) is 5.24. The van der Waals surface area contributed by atoms with Crippen LogP contribution in [-0.4, -0.2) is 52.2 Å². The van der Waals surface area contributed by atoms with Gasteiger partial charge in [-0.2, -0.15) is 0 Å². The fraction of sp³-hybridized carbons (Fsp3) is 0.550. The monoisotopic (exact) mass is 374 g/mol. The lowest BCUT2D eigenvalue weighted by Crippen LogP contribution is -2.50. The van der Waals surface area contributed by atoms with Crippen LogP contribution < -0.4 is 0 Å². The lowest BCUT2D eigenvalue weighted by atomic mass is 9.98. The number of fused-ring (bicyclic) bond motifs is 1. The summed E-state index contributed by atoms with van der Waals surface area (Å²) in [6.45, 7) is 7.96. The molecule has 1 aromatic rings. The minimum absolute atomic E-state index is 0.0613. The number of nitrogens with zero attached hydrogens (tertiary/aromatic N) is 2. The van der Waals surface area contributed by atoms with Gasteiger partial charge < -0.3 is 9.64 Å². The van der Waals surface area contributed by atoms with Crippen LogP contribution in [0.15, 0.2) is 24.3 Å². The number of carbonyl (C=O) groups excluding carboxylic acids is 3. The summed E-state index contributed by atoms with van der Waals surface area (Å²) in [5.41, 5.74) is 0.171. The smallest absolute Gasteiger partial charge is 0.410 e. The number of imide groups is 1. The maximum atomic E-state index is 12.5. The molecule has 0 aromatic heterocycles. The first-order valence-corrected chi connectivity index (χ1v) is 9.35. The highest BCUT2D eigenvalue weighted by Gasteiger charge is 2.40. The number of piperidine rings is 1. The molecular formula is C20H26N2O5. The van der Waals surface area contributed by atoms with Crippen LogP contribution >= 0.6 is 0 Å². The van der Waals surface area contributed by atoms with Crippen LogP contribution in [0.4, 0.5) is 4.79 Å². The molecule has 2 aliphatic heterocycles. The van der Waals surface area contributed by atoms with Gasteiger partial charge in [0.25, 0.3) is 11.8 Å². The SMILES string of the molecule is CC[C@H]1C[C@H](ON2C(=O)c3ccccc3C2=O)CCN1C(=O)OC(C)(C)C. The normalized spacial score (nSPS) is 22.8. The predicted molar refractivity (Wildman–Crippen MR) is 98.1 cm³/mol. The molecule has 0 aliphatic carbocycles. The van der Waals surface area contributed by atoms with Gasteiger partial charge in [-0.3, -0.25) is 14.4 Å². The Morgan fingerprint density at radius 2 is 1.74 bits per heavy atom. The maximum Gasteiger partial charge on any atom is 0.410 e. The lowest BCUT2D eigenvalue weighted by Gasteiger charge is -2.39. The highest BCUT2D eigenvalue weighted by atomic mass is 16.7. The van der Waals surface area contributed by atoms with Crippen molar-refractivity contribution in [1.82, 2.24) is 9.96 Å². The van der Waals surface area contributed by atoms with Crippen LogP contribution in [-0.2, 0) is 9.57 Å². The molecule has 7 nitrogen and oxygen atoms in total. The Bertz CT molecular complexity index is 720. The van der Waals surface area contributed by atoms with Crippen molar-refractivity contribution in [3.05, 3.63) is 35.4 Å². The number of likely N-dealkylation sites (tertiary alicyclic amines) is 1. The van der Waals surface area contributed by atoms with E-state index in [1.165, 1.54) is 0 Å². The Morgan fingerprint density at radius 3 is 2.26 bits per heavy atom. The first kappa shape index (κ1) is 19.4. The zero-order valence-corrected chi connectivity index (χ0v) is 16.2. The summed E-state index contributed by atoms with van der Waals surface area (Å²) in [5.74, 6) is -0.864. The minimum Gasteiger partial charge on any atom is -0.444 e. The van der Waals surface area contributed by atoms with E-state index < -0.39 is 17.4 Å². The van der Waals surface area contributed by atoms with Crippen molar-refractivity contribution in [2.24, 2.45) is 0 Å². The van der Waals surface area contributed by atoms with Crippen LogP contribution in [0.3, 0.4) is 0 Å². The summed E-state index contributed by atoms with van der Waals surface area (Å²) >= 11 is 0. The second-order valence-electron chi connectivity index (χ2n) is 7.94. The van der Waals surface area contributed by atoms with E-state index in [0.717, 1.165) is 11.5 Å². The average Bonchev–Trinajstić information content (AvgIpc) is 2.85. The molecule has 0 radical (unpaired) electrons. The number of hydroxylamine groups is 2. The Labute approximate surface area is 159 Å². The van der Waals surface area contributed by atoms with Crippen LogP contribution in [0, 0.1) is 0 Å². The second-order valence-corrected chi connectivity index (χ2v) is 7.94. The van der Waals surface area contributed by atoms with Crippen molar-refractivity contribution >= 4 is 17.9 Å². The van der Waals surface area contributed by atoms with Crippen molar-refractivity contribution in [3.8, 4) is 0 Å². The third-order valence-corrected chi connectivity index (χ3v) is 4.78. The number of rotatable bonds is 3. The van der Waals surface area contributed by atoms with Crippen molar-refractivity contribution in [2.75, 3.05) is 6.54 Å². The van der Waals surface area contributed by atoms with E-state index in [2.05, 4.69) is 0 Å². The molecule has 3 rings (SSSR count). The third kappa shape index (κ3) is 3.98. The second kappa shape index (κ2) is 7.31. The fourth-order valence-corrected chi connectivity index (χ4v) is 3.47. The third-order valence-electron chi connectivity index (χ3n) is 4.78. The fourth-order valence-electron chi connectivity index (χ4n) is 3.47. The van der Waals surface area contributed by atoms with E-state index in [4.69, 9.17) is 9.57 Å². The van der Waals surface area contributed by atoms with Gasteiger partial charge >= 0.3 is 6.09 Å². The molecule has 2 aliphatic rings. The molecule has 1 saturated heterocycles. The van der Waals surface area contributed by atoms with Crippen molar-refractivity contribution in [1.29, 1.82) is 0 Å². The van der Waals surface area contributed by atoms with Gasteiger partial charge in [-0.1, -0.05) is 19.1 Å². The van der Waals surface area contributed by atoms with Gasteiger partial charge in [0.05, 0.1) is 17.2 Å². The van der Waals surface area contributed by atoms with E-state index >= 15 is 0 Å². The summed E-state index contributed by atoms with van der Waals surface area (Å²) in [6, 6.07) is 6.63. The minimum atomic E-state index is -0.553. The zero-order valence-electron chi connectivity index (χ0n) is 16.2. The van der Waals surface area contributed by atoms with Crippen LogP contribution in [0.2, 0.25) is 0 Å². The van der Waals surface area contributed by atoms with E-state index in [-0.39, 0.29) is 18.2 Å². The molecule has 0 unspecified atom stereocenters. The molecule has 146 valence electrons. The van der Waals surface area contributed by atoms with Gasteiger partial charge in [-0.25, -0.2) is 4.79 Å². The molecule has 0 saturated carbocycles. The number of amides is 3. The molecule has 3 amide bonds. The number of hydrogen-bond donors (Lipinski definition) is 0. The summed E-state index contributed by atoms with van der Waals surface area (Å²) in [5, 5.41) is 0.866. The largest absolute Gasteiger partial charge is 0.444 e. The number of carbonyl (C=O) groups is 3. The standard InChI is InChI=1S/C20H26N2O5/c1-5-13-12-14(10-11-21(13)19(25)26-20(2,3)4)27-22-17(23)15-8-6-7-9-16(15)18(22)24/h6-9,13-14H,5,10-12H2,1-4H3/t13-,14+/m0/s1. The van der Waals surface area contributed by atoms with E-state index in [9.17, 15) is 14.4 Å². The zero-order chi connectivity index (χ0) is 19.8. The molecule has 0 bridgehead atoms. The highest BCUT2D eigenvalue weighted by molar-refractivity contribution is 6.20. The number of hydrogen-bond acceptors (Lipinski definition) is 5. The number of benzene rings is 1. The summed E-state index contributed by atoms with van der Waals surface area (Å²) in [7, 11) is 0. The van der Waals surface area contributed by atoms with Crippen molar-refractivity contribution in [3.63, 3.8) is 0 Å². The van der Waals surface area contributed by atoms with Gasteiger partial charge in [-0.15, -0.1) is 5.06 Å². The molecule has 1 fully saturated rings. The Hall–Kier alpha value is -2.41. The van der Waals surface area contributed by atoms with Gasteiger partial charge in [0.15, 0.2) is 0 Å². The number of ether oxygens (including phenoxy) is 1. The van der Waals surface area contributed by atoms with Crippen molar-refractivity contribution < 1.29 is 24.0 Å². The molecule has 7 heteroatoms. The average molecular weight is 374 g/mol. The van der Waals surface area contributed by atoms with E-state index in [1.54, 1.807) is 29.2 Å². The first-order valence-electron chi connectivity index (χ1n) is 9.35. The quantitative estimate of drug-likeness (QED) is 0.758. The molecule has 2 heterocycles. The molecular weight excluding hydrogens is 348 g/mol. The van der Waals surface area contributed by atoms with Crippen LogP contribution in [0.5, 0.6) is 0 Å². The van der Waals surface area contributed by atoms with E-state index in [1.807, 2.05) is 27.7 Å². The molecule has 1 aromatic carbocycles. The van der Waals surface area contributed by atoms with E-state index in [0.29, 0.717) is 30.5 Å². The van der Waals surface area contributed by atoms with Crippen LogP contribution in [0.1, 0.15) is 67.7 Å². The predicted octanol–water partition coefficient (Wildman–Crippen LogP) is 3.39. The summed E-state index contributed by atoms with van der Waals surface area (Å²) < 4.78 is 5.48. The Balaban J connectivity index is 1.65. The Morgan fingerprint density at radius 1 is 1.15 bits per heavy atom. The van der Waals surface area contributed by atoms with Crippen molar-refractivity contribution in [2.45, 2.75) is 64.7 Å². The summed E-state index contributed by atoms with van der Waals surface area (Å²) in [4.78, 5) is 44.8. The first-order chi connectivity index (χ1) is 12.7. The summed E-state index contributed by atoms with van der Waals surface area (Å²) in [6.07, 6.45) is 1.16. The van der Waals surface area contributed by atoms with Gasteiger partial charge in [-0.05, 0) is 52.2 Å². The van der Waals surface area contributed by atoms with Gasteiger partial charge in [0.2, 0.25) is 0 Å². The van der Waals surface area contributed by atoms with Gasteiger partial charge in [0.1, 0.15) is 5.60 Å². The molecule has 2 atom stereocenters. The lowest BCUT2D eigenvalue weighted by molar-refractivity contribution is -0.151. The molecule has 0 N–H and O–H groups in total.